The van der Waals surface area contributed by atoms with Crippen LogP contribution in [0.15, 0.2) is 12.3 Å². The van der Waals surface area contributed by atoms with Crippen molar-refractivity contribution in [3.05, 3.63) is 23.6 Å². The number of nitrogens with one attached hydrogen (secondary N) is 2. The molecule has 1 aliphatic carbocycles. The van der Waals surface area contributed by atoms with Gasteiger partial charge in [-0.25, -0.2) is 9.37 Å². The summed E-state index contributed by atoms with van der Waals surface area (Å²) in [6, 6.07) is 1.49. The summed E-state index contributed by atoms with van der Waals surface area (Å²) in [7, 11) is 1.58. The van der Waals surface area contributed by atoms with Gasteiger partial charge in [0.1, 0.15) is 0 Å². The minimum atomic E-state index is -0.594. The number of carbonyl (C=O) groups is 1. The van der Waals surface area contributed by atoms with Crippen molar-refractivity contribution in [2.45, 2.75) is 45.1 Å². The Balaban J connectivity index is 2.04. The standard InChI is InChI=1S/C15H22FN3O/c1-10(11-6-4-3-5-7-11)19-15(20)12-8-9-18-14(17-2)13(12)16/h8-11H,3-7H2,1-2H3,(H,17,18)(H,19,20). The van der Waals surface area contributed by atoms with Crippen LogP contribution in [0.1, 0.15) is 49.4 Å². The lowest BCUT2D eigenvalue weighted by Gasteiger charge is -2.28. The summed E-state index contributed by atoms with van der Waals surface area (Å²) in [6.45, 7) is 2.01. The minimum absolute atomic E-state index is 0.0482. The molecule has 0 aromatic carbocycles. The summed E-state index contributed by atoms with van der Waals surface area (Å²) in [6.07, 6.45) is 7.44. The third-order valence-corrected chi connectivity index (χ3v) is 4.09. The molecule has 2 rings (SSSR count). The predicted octanol–water partition coefficient (Wildman–Crippen LogP) is 2.96. The van der Waals surface area contributed by atoms with Crippen LogP contribution in [0.3, 0.4) is 0 Å². The van der Waals surface area contributed by atoms with Crippen molar-refractivity contribution >= 4 is 11.7 Å². The molecule has 1 aromatic heterocycles. The lowest BCUT2D eigenvalue weighted by Crippen LogP contribution is -2.39. The molecule has 0 spiro atoms. The van der Waals surface area contributed by atoms with E-state index >= 15 is 0 Å². The molecule has 0 radical (unpaired) electrons. The highest BCUT2D eigenvalue weighted by Crippen LogP contribution is 2.26. The number of pyridine rings is 1. The molecule has 0 aliphatic heterocycles. The summed E-state index contributed by atoms with van der Waals surface area (Å²) in [5, 5.41) is 5.56. The Hall–Kier alpha value is -1.65. The summed E-state index contributed by atoms with van der Waals surface area (Å²) in [5.74, 6) is -0.354. The Bertz CT molecular complexity index is 472. The molecule has 1 saturated carbocycles. The monoisotopic (exact) mass is 279 g/mol. The van der Waals surface area contributed by atoms with E-state index in [-0.39, 0.29) is 23.3 Å². The van der Waals surface area contributed by atoms with Crippen LogP contribution in [-0.2, 0) is 0 Å². The molecule has 0 bridgehead atoms. The molecule has 1 unspecified atom stereocenters. The van der Waals surface area contributed by atoms with E-state index < -0.39 is 5.82 Å². The first-order valence-electron chi connectivity index (χ1n) is 7.26. The number of anilines is 1. The highest BCUT2D eigenvalue weighted by atomic mass is 19.1. The van der Waals surface area contributed by atoms with Crippen LogP contribution < -0.4 is 10.6 Å². The van der Waals surface area contributed by atoms with E-state index in [0.717, 1.165) is 12.8 Å². The minimum Gasteiger partial charge on any atom is -0.371 e. The quantitative estimate of drug-likeness (QED) is 0.891. The fraction of sp³-hybridized carbons (Fsp3) is 0.600. The second kappa shape index (κ2) is 6.68. The van der Waals surface area contributed by atoms with Crippen LogP contribution in [0.5, 0.6) is 0 Å². The zero-order valence-electron chi connectivity index (χ0n) is 12.1. The lowest BCUT2D eigenvalue weighted by atomic mass is 9.84. The summed E-state index contributed by atoms with van der Waals surface area (Å²) in [5.41, 5.74) is 0.0482. The molecular weight excluding hydrogens is 257 g/mol. The summed E-state index contributed by atoms with van der Waals surface area (Å²) < 4.78 is 14.0. The van der Waals surface area contributed by atoms with E-state index in [1.807, 2.05) is 6.92 Å². The SMILES string of the molecule is CNc1nccc(C(=O)NC(C)C2CCCCC2)c1F. The van der Waals surface area contributed by atoms with Crippen LogP contribution >= 0.6 is 0 Å². The second-order valence-electron chi connectivity index (χ2n) is 5.43. The van der Waals surface area contributed by atoms with E-state index in [0.29, 0.717) is 5.92 Å². The number of amides is 1. The van der Waals surface area contributed by atoms with Gasteiger partial charge >= 0.3 is 0 Å². The van der Waals surface area contributed by atoms with E-state index in [4.69, 9.17) is 0 Å². The van der Waals surface area contributed by atoms with Crippen molar-refractivity contribution in [2.75, 3.05) is 12.4 Å². The fourth-order valence-electron chi connectivity index (χ4n) is 2.83. The first-order valence-corrected chi connectivity index (χ1v) is 7.26. The Morgan fingerprint density at radius 2 is 2.10 bits per heavy atom. The van der Waals surface area contributed by atoms with Gasteiger partial charge in [0.2, 0.25) is 0 Å². The second-order valence-corrected chi connectivity index (χ2v) is 5.43. The molecular formula is C15H22FN3O. The highest BCUT2D eigenvalue weighted by Gasteiger charge is 2.23. The topological polar surface area (TPSA) is 54.0 Å². The van der Waals surface area contributed by atoms with Crippen molar-refractivity contribution in [3.8, 4) is 0 Å². The molecule has 20 heavy (non-hydrogen) atoms. The van der Waals surface area contributed by atoms with Crippen LogP contribution in [0.25, 0.3) is 0 Å². The molecule has 1 aromatic rings. The highest BCUT2D eigenvalue weighted by molar-refractivity contribution is 5.95. The van der Waals surface area contributed by atoms with E-state index in [1.54, 1.807) is 7.05 Å². The largest absolute Gasteiger partial charge is 0.371 e. The maximum Gasteiger partial charge on any atom is 0.254 e. The van der Waals surface area contributed by atoms with Gasteiger partial charge in [-0.05, 0) is 31.7 Å². The summed E-state index contributed by atoms with van der Waals surface area (Å²) >= 11 is 0. The molecule has 2 N–H and O–H groups in total. The molecule has 1 heterocycles. The molecule has 1 atom stereocenters. The number of aromatic nitrogens is 1. The van der Waals surface area contributed by atoms with Crippen LogP contribution in [0.2, 0.25) is 0 Å². The maximum absolute atomic E-state index is 14.0. The number of carbonyl (C=O) groups excluding carboxylic acids is 1. The molecule has 4 nitrogen and oxygen atoms in total. The maximum atomic E-state index is 14.0. The number of halogens is 1. The fourth-order valence-corrected chi connectivity index (χ4v) is 2.83. The molecule has 1 fully saturated rings. The lowest BCUT2D eigenvalue weighted by molar-refractivity contribution is 0.0915. The van der Waals surface area contributed by atoms with Crippen molar-refractivity contribution < 1.29 is 9.18 Å². The Morgan fingerprint density at radius 1 is 1.40 bits per heavy atom. The van der Waals surface area contributed by atoms with Crippen LogP contribution in [0.4, 0.5) is 10.2 Å². The Morgan fingerprint density at radius 3 is 2.75 bits per heavy atom. The molecule has 1 amide bonds. The predicted molar refractivity (Wildman–Crippen MR) is 77.2 cm³/mol. The van der Waals surface area contributed by atoms with Gasteiger partial charge < -0.3 is 10.6 Å². The van der Waals surface area contributed by atoms with Gasteiger partial charge in [0.25, 0.3) is 5.91 Å². The van der Waals surface area contributed by atoms with E-state index in [1.165, 1.54) is 31.5 Å². The Kier molecular flexibility index (Phi) is 4.93. The van der Waals surface area contributed by atoms with E-state index in [2.05, 4.69) is 15.6 Å². The normalized spacial score (nSPS) is 17.6. The van der Waals surface area contributed by atoms with Crippen LogP contribution in [-0.4, -0.2) is 24.0 Å². The van der Waals surface area contributed by atoms with Crippen molar-refractivity contribution in [3.63, 3.8) is 0 Å². The summed E-state index contributed by atoms with van der Waals surface area (Å²) in [4.78, 5) is 16.0. The molecule has 5 heteroatoms. The zero-order chi connectivity index (χ0) is 14.5. The van der Waals surface area contributed by atoms with Gasteiger partial charge in [-0.1, -0.05) is 19.3 Å². The average molecular weight is 279 g/mol. The van der Waals surface area contributed by atoms with Crippen molar-refractivity contribution in [1.82, 2.24) is 10.3 Å². The number of rotatable bonds is 4. The first kappa shape index (κ1) is 14.8. The smallest absolute Gasteiger partial charge is 0.254 e. The Labute approximate surface area is 119 Å². The van der Waals surface area contributed by atoms with Crippen LogP contribution in [0, 0.1) is 11.7 Å². The number of hydrogen-bond donors (Lipinski definition) is 2. The van der Waals surface area contributed by atoms with Gasteiger partial charge in [0.05, 0.1) is 5.56 Å². The van der Waals surface area contributed by atoms with Crippen molar-refractivity contribution in [2.24, 2.45) is 5.92 Å². The van der Waals surface area contributed by atoms with Gasteiger partial charge in [-0.2, -0.15) is 0 Å². The number of nitrogens with zero attached hydrogens (tertiary/aromatic N) is 1. The van der Waals surface area contributed by atoms with E-state index in [9.17, 15) is 9.18 Å². The molecule has 110 valence electrons. The van der Waals surface area contributed by atoms with Crippen molar-refractivity contribution in [1.29, 1.82) is 0 Å². The average Bonchev–Trinajstić information content (AvgIpc) is 2.48. The van der Waals surface area contributed by atoms with Gasteiger partial charge in [-0.15, -0.1) is 0 Å². The third-order valence-electron chi connectivity index (χ3n) is 4.09. The zero-order valence-corrected chi connectivity index (χ0v) is 12.1. The third kappa shape index (κ3) is 3.26. The van der Waals surface area contributed by atoms with Gasteiger partial charge in [0, 0.05) is 19.3 Å². The number of hydrogen-bond acceptors (Lipinski definition) is 3. The van der Waals surface area contributed by atoms with Gasteiger partial charge in [-0.3, -0.25) is 4.79 Å². The molecule has 1 aliphatic rings. The van der Waals surface area contributed by atoms with Gasteiger partial charge in [0.15, 0.2) is 11.6 Å². The molecule has 0 saturated heterocycles. The first-order chi connectivity index (χ1) is 9.63.